The van der Waals surface area contributed by atoms with E-state index in [1.165, 1.54) is 32.1 Å². The van der Waals surface area contributed by atoms with Crippen LogP contribution < -0.4 is 0 Å². The molecule has 0 aromatic rings. The predicted octanol–water partition coefficient (Wildman–Crippen LogP) is 5.60. The third kappa shape index (κ3) is 4.23. The summed E-state index contributed by atoms with van der Waals surface area (Å²) in [6.07, 6.45) is 7.74. The molecule has 0 saturated heterocycles. The van der Waals surface area contributed by atoms with Crippen LogP contribution in [0.1, 0.15) is 87.0 Å². The van der Waals surface area contributed by atoms with Crippen LogP contribution in [0.25, 0.3) is 0 Å². The lowest BCUT2D eigenvalue weighted by atomic mass is 9.55. The smallest absolute Gasteiger partial charge is 0.312 e. The van der Waals surface area contributed by atoms with E-state index in [-0.39, 0.29) is 16.8 Å². The first-order valence-electron chi connectivity index (χ1n) is 8.67. The molecular formula is C19H36O2. The van der Waals surface area contributed by atoms with Crippen LogP contribution in [0.4, 0.5) is 0 Å². The van der Waals surface area contributed by atoms with Crippen LogP contribution in [0.15, 0.2) is 0 Å². The molecule has 1 aliphatic rings. The summed E-state index contributed by atoms with van der Waals surface area (Å²) in [6.45, 7) is 15.6. The Morgan fingerprint density at radius 3 is 1.95 bits per heavy atom. The fourth-order valence-electron chi connectivity index (χ4n) is 3.17. The van der Waals surface area contributed by atoms with Crippen molar-refractivity contribution >= 4 is 5.97 Å². The average molecular weight is 296 g/mol. The van der Waals surface area contributed by atoms with E-state index in [4.69, 9.17) is 4.74 Å². The molecule has 1 rings (SSSR count). The van der Waals surface area contributed by atoms with Crippen LogP contribution in [-0.2, 0) is 9.53 Å². The monoisotopic (exact) mass is 296 g/mol. The maximum absolute atomic E-state index is 12.6. The maximum atomic E-state index is 12.6. The van der Waals surface area contributed by atoms with Crippen LogP contribution in [-0.4, -0.2) is 12.6 Å². The van der Waals surface area contributed by atoms with Gasteiger partial charge in [0.25, 0.3) is 0 Å². The van der Waals surface area contributed by atoms with Gasteiger partial charge in [-0.25, -0.2) is 0 Å². The van der Waals surface area contributed by atoms with Gasteiger partial charge in [-0.15, -0.1) is 0 Å². The highest BCUT2D eigenvalue weighted by molar-refractivity contribution is 5.77. The van der Waals surface area contributed by atoms with Gasteiger partial charge < -0.3 is 4.74 Å². The molecule has 0 aromatic heterocycles. The summed E-state index contributed by atoms with van der Waals surface area (Å²) >= 11 is 0. The first kappa shape index (κ1) is 18.5. The number of hydrogen-bond acceptors (Lipinski definition) is 2. The van der Waals surface area contributed by atoms with E-state index in [1.54, 1.807) is 0 Å². The normalized spacial score (nSPS) is 18.6. The van der Waals surface area contributed by atoms with Gasteiger partial charge >= 0.3 is 5.97 Å². The van der Waals surface area contributed by atoms with Gasteiger partial charge in [-0.05, 0) is 37.0 Å². The second-order valence-corrected chi connectivity index (χ2v) is 8.93. The number of esters is 1. The van der Waals surface area contributed by atoms with Crippen molar-refractivity contribution in [1.29, 1.82) is 0 Å². The minimum atomic E-state index is -0.474. The van der Waals surface area contributed by atoms with E-state index in [9.17, 15) is 4.79 Å². The second-order valence-electron chi connectivity index (χ2n) is 8.93. The van der Waals surface area contributed by atoms with Crippen molar-refractivity contribution in [1.82, 2.24) is 0 Å². The molecule has 0 atom stereocenters. The molecule has 0 aliphatic heterocycles. The average Bonchev–Trinajstić information content (AvgIpc) is 2.38. The van der Waals surface area contributed by atoms with Crippen LogP contribution in [0.2, 0.25) is 0 Å². The van der Waals surface area contributed by atoms with Gasteiger partial charge in [0.2, 0.25) is 0 Å². The SMILES string of the molecule is CC(C)(C)C(C)(C)C(C)(C)C(=O)OCCC1CCCCC1. The topological polar surface area (TPSA) is 26.3 Å². The van der Waals surface area contributed by atoms with Crippen LogP contribution in [0.3, 0.4) is 0 Å². The van der Waals surface area contributed by atoms with Gasteiger partial charge in [0.05, 0.1) is 12.0 Å². The molecule has 0 unspecified atom stereocenters. The molecule has 0 radical (unpaired) electrons. The molecule has 1 saturated carbocycles. The highest BCUT2D eigenvalue weighted by atomic mass is 16.5. The highest BCUT2D eigenvalue weighted by Gasteiger charge is 2.50. The number of hydrogen-bond donors (Lipinski definition) is 0. The molecule has 124 valence electrons. The molecular weight excluding hydrogens is 260 g/mol. The summed E-state index contributed by atoms with van der Waals surface area (Å²) in [5.41, 5.74) is -0.543. The molecule has 2 nitrogen and oxygen atoms in total. The van der Waals surface area contributed by atoms with Crippen molar-refractivity contribution in [2.24, 2.45) is 22.2 Å². The molecule has 0 bridgehead atoms. The summed E-state index contributed by atoms with van der Waals surface area (Å²) in [4.78, 5) is 12.6. The second kappa shape index (κ2) is 6.71. The molecule has 0 N–H and O–H groups in total. The zero-order valence-corrected chi connectivity index (χ0v) is 15.3. The quantitative estimate of drug-likeness (QED) is 0.617. The van der Waals surface area contributed by atoms with E-state index < -0.39 is 5.41 Å². The van der Waals surface area contributed by atoms with E-state index in [1.807, 2.05) is 13.8 Å². The zero-order valence-electron chi connectivity index (χ0n) is 15.3. The molecule has 0 spiro atoms. The highest BCUT2D eigenvalue weighted by Crippen LogP contribution is 2.51. The molecule has 0 aromatic carbocycles. The molecule has 2 heteroatoms. The minimum Gasteiger partial charge on any atom is -0.465 e. The molecule has 0 amide bonds. The van der Waals surface area contributed by atoms with Crippen molar-refractivity contribution in [3.05, 3.63) is 0 Å². The molecule has 1 aliphatic carbocycles. The Balaban J connectivity index is 2.53. The van der Waals surface area contributed by atoms with Gasteiger partial charge in [0.1, 0.15) is 0 Å². The van der Waals surface area contributed by atoms with Gasteiger partial charge in [0.15, 0.2) is 0 Å². The Hall–Kier alpha value is -0.530. The van der Waals surface area contributed by atoms with Crippen molar-refractivity contribution < 1.29 is 9.53 Å². The number of rotatable bonds is 5. The van der Waals surface area contributed by atoms with E-state index >= 15 is 0 Å². The van der Waals surface area contributed by atoms with Crippen LogP contribution in [0.5, 0.6) is 0 Å². The van der Waals surface area contributed by atoms with Crippen molar-refractivity contribution in [3.63, 3.8) is 0 Å². The maximum Gasteiger partial charge on any atom is 0.312 e. The molecule has 1 fully saturated rings. The van der Waals surface area contributed by atoms with Crippen molar-refractivity contribution in [3.8, 4) is 0 Å². The lowest BCUT2D eigenvalue weighted by Crippen LogP contribution is -2.48. The summed E-state index contributed by atoms with van der Waals surface area (Å²) < 4.78 is 5.65. The summed E-state index contributed by atoms with van der Waals surface area (Å²) in [6, 6.07) is 0. The summed E-state index contributed by atoms with van der Waals surface area (Å²) in [7, 11) is 0. The minimum absolute atomic E-state index is 0.0433. The predicted molar refractivity (Wildman–Crippen MR) is 89.2 cm³/mol. The Kier molecular flexibility index (Phi) is 5.91. The van der Waals surface area contributed by atoms with Gasteiger partial charge in [0, 0.05) is 0 Å². The van der Waals surface area contributed by atoms with Crippen molar-refractivity contribution in [2.75, 3.05) is 6.61 Å². The van der Waals surface area contributed by atoms with Crippen molar-refractivity contribution in [2.45, 2.75) is 87.0 Å². The Morgan fingerprint density at radius 2 is 1.48 bits per heavy atom. The zero-order chi connectivity index (χ0) is 16.3. The molecule has 21 heavy (non-hydrogen) atoms. The van der Waals surface area contributed by atoms with Crippen LogP contribution >= 0.6 is 0 Å². The molecule has 0 heterocycles. The third-order valence-electron chi connectivity index (χ3n) is 6.43. The van der Waals surface area contributed by atoms with E-state index in [0.29, 0.717) is 6.61 Å². The standard InChI is InChI=1S/C19H36O2/c1-17(2,3)19(6,7)18(4,5)16(20)21-14-13-15-11-9-8-10-12-15/h15H,8-14H2,1-7H3. The Labute approximate surface area is 132 Å². The third-order valence-corrected chi connectivity index (χ3v) is 6.43. The fourth-order valence-corrected chi connectivity index (χ4v) is 3.17. The Morgan fingerprint density at radius 1 is 0.952 bits per heavy atom. The van der Waals surface area contributed by atoms with E-state index in [2.05, 4.69) is 34.6 Å². The van der Waals surface area contributed by atoms with Crippen LogP contribution in [0, 0.1) is 22.2 Å². The lowest BCUT2D eigenvalue weighted by molar-refractivity contribution is -0.167. The van der Waals surface area contributed by atoms with Gasteiger partial charge in [-0.1, -0.05) is 66.7 Å². The largest absolute Gasteiger partial charge is 0.465 e. The first-order chi connectivity index (χ1) is 9.50. The lowest BCUT2D eigenvalue weighted by Gasteiger charge is -2.48. The van der Waals surface area contributed by atoms with Gasteiger partial charge in [-0.2, -0.15) is 0 Å². The first-order valence-corrected chi connectivity index (χ1v) is 8.67. The number of ether oxygens (including phenoxy) is 1. The summed E-state index contributed by atoms with van der Waals surface area (Å²) in [5, 5.41) is 0. The van der Waals surface area contributed by atoms with E-state index in [0.717, 1.165) is 12.3 Å². The fraction of sp³-hybridized carbons (Fsp3) is 0.947. The summed E-state index contributed by atoms with van der Waals surface area (Å²) in [5.74, 6) is 0.725. The number of carbonyl (C=O) groups is 1. The Bertz CT molecular complexity index is 341. The number of carbonyl (C=O) groups excluding carboxylic acids is 1. The van der Waals surface area contributed by atoms with Gasteiger partial charge in [-0.3, -0.25) is 4.79 Å².